The fourth-order valence-electron chi connectivity index (χ4n) is 7.73. The molecule has 3 aromatic carbocycles. The van der Waals surface area contributed by atoms with Crippen LogP contribution in [-0.4, -0.2) is 59.6 Å². The van der Waals surface area contributed by atoms with Gasteiger partial charge >= 0.3 is 0 Å². The second-order valence-corrected chi connectivity index (χ2v) is 15.4. The van der Waals surface area contributed by atoms with Crippen LogP contribution >= 0.6 is 11.3 Å². The summed E-state index contributed by atoms with van der Waals surface area (Å²) in [6, 6.07) is 21.5. The van der Waals surface area contributed by atoms with Gasteiger partial charge in [-0.2, -0.15) is 0 Å². The molecule has 0 atom stereocenters. The molecule has 6 aromatic rings. The number of nitrogens with one attached hydrogen (secondary N) is 2. The van der Waals surface area contributed by atoms with E-state index in [0.29, 0.717) is 47.1 Å². The number of hydrogen-bond acceptors (Lipinski definition) is 7. The molecule has 3 aromatic heterocycles. The summed E-state index contributed by atoms with van der Waals surface area (Å²) < 4.78 is 33.8. The van der Waals surface area contributed by atoms with Gasteiger partial charge in [-0.05, 0) is 122 Å². The topological polar surface area (TPSA) is 103 Å². The highest BCUT2D eigenvalue weighted by molar-refractivity contribution is 7.19. The first-order valence-corrected chi connectivity index (χ1v) is 18.8. The fourth-order valence-corrected chi connectivity index (χ4v) is 8.93. The van der Waals surface area contributed by atoms with Crippen LogP contribution < -0.4 is 15.1 Å². The molecule has 12 heteroatoms. The summed E-state index contributed by atoms with van der Waals surface area (Å²) in [6.07, 6.45) is 6.09. The molecule has 3 aliphatic heterocycles. The van der Waals surface area contributed by atoms with Crippen LogP contribution in [0.1, 0.15) is 44.7 Å². The van der Waals surface area contributed by atoms with Crippen molar-refractivity contribution in [2.24, 2.45) is 5.41 Å². The normalized spacial score (nSPS) is 16.0. The first-order chi connectivity index (χ1) is 26.2. The van der Waals surface area contributed by atoms with Crippen molar-refractivity contribution in [2.45, 2.75) is 26.2 Å². The fraction of sp³-hybridized carbons (Fsp3) is 0.238. The molecular weight excluding hydrogens is 707 g/mol. The highest BCUT2D eigenvalue weighted by Crippen LogP contribution is 2.45. The van der Waals surface area contributed by atoms with Gasteiger partial charge in [0.2, 0.25) is 0 Å². The number of thiophene rings is 1. The summed E-state index contributed by atoms with van der Waals surface area (Å²) in [5.41, 5.74) is 6.46. The van der Waals surface area contributed by atoms with Gasteiger partial charge in [-0.15, -0.1) is 11.3 Å². The Kier molecular flexibility index (Phi) is 8.58. The van der Waals surface area contributed by atoms with Crippen LogP contribution in [0.3, 0.4) is 0 Å². The Labute approximate surface area is 314 Å². The standard InChI is InChI=1S/C42H36F2N6O3S/c1-25-18-33(39(46-21-25)49-23-42(24-49)13-16-53-17-14-42)40(51)47-31-9-4-27(5-10-31)41(52)50-15-12-28-19-36(54-37(28)32-11-8-30(44)20-35(32)50)38-45-22-34(48-38)26-2-6-29(43)7-3-26/h2-11,18-22H,12-17,23-24H2,1H3,(H,45,48)(H,47,51). The van der Waals surface area contributed by atoms with E-state index in [0.717, 1.165) is 76.8 Å². The zero-order valence-electron chi connectivity index (χ0n) is 29.5. The first kappa shape index (κ1) is 34.1. The summed E-state index contributed by atoms with van der Waals surface area (Å²) >= 11 is 1.52. The molecule has 2 amide bonds. The number of hydrogen-bond donors (Lipinski definition) is 2. The van der Waals surface area contributed by atoms with Gasteiger partial charge in [-0.3, -0.25) is 9.59 Å². The van der Waals surface area contributed by atoms with Crippen molar-refractivity contribution >= 4 is 40.3 Å². The lowest BCUT2D eigenvalue weighted by molar-refractivity contribution is -0.000510. The van der Waals surface area contributed by atoms with E-state index in [9.17, 15) is 18.4 Å². The monoisotopic (exact) mass is 742 g/mol. The van der Waals surface area contributed by atoms with Crippen LogP contribution in [0.25, 0.3) is 32.4 Å². The summed E-state index contributed by atoms with van der Waals surface area (Å²) in [5, 5.41) is 3.00. The average Bonchev–Trinajstić information content (AvgIpc) is 3.80. The van der Waals surface area contributed by atoms with Gasteiger partial charge in [-0.25, -0.2) is 18.7 Å². The zero-order valence-corrected chi connectivity index (χ0v) is 30.3. The number of aromatic amines is 1. The molecule has 272 valence electrons. The Morgan fingerprint density at radius 3 is 2.44 bits per heavy atom. The van der Waals surface area contributed by atoms with Crippen molar-refractivity contribution in [1.29, 1.82) is 0 Å². The van der Waals surface area contributed by atoms with E-state index < -0.39 is 5.82 Å². The maximum absolute atomic E-state index is 14.8. The van der Waals surface area contributed by atoms with Crippen LogP contribution in [0.2, 0.25) is 0 Å². The van der Waals surface area contributed by atoms with Crippen LogP contribution in [0.4, 0.5) is 26.0 Å². The van der Waals surface area contributed by atoms with Gasteiger partial charge in [0.05, 0.1) is 28.0 Å². The zero-order chi connectivity index (χ0) is 37.0. The molecule has 9 rings (SSSR count). The van der Waals surface area contributed by atoms with Crippen LogP contribution in [-0.2, 0) is 11.2 Å². The number of halogens is 2. The van der Waals surface area contributed by atoms with Gasteiger partial charge in [-0.1, -0.05) is 0 Å². The maximum Gasteiger partial charge on any atom is 0.259 e. The quantitative estimate of drug-likeness (QED) is 0.177. The minimum absolute atomic E-state index is 0.229. The van der Waals surface area contributed by atoms with Crippen molar-refractivity contribution in [3.63, 3.8) is 0 Å². The van der Waals surface area contributed by atoms with E-state index >= 15 is 0 Å². The smallest absolute Gasteiger partial charge is 0.259 e. The molecule has 2 saturated heterocycles. The van der Waals surface area contributed by atoms with Crippen molar-refractivity contribution in [2.75, 3.05) is 48.0 Å². The number of ether oxygens (including phenoxy) is 1. The average molecular weight is 743 g/mol. The molecule has 2 N–H and O–H groups in total. The van der Waals surface area contributed by atoms with E-state index in [1.54, 1.807) is 59.8 Å². The molecule has 0 aliphatic carbocycles. The highest BCUT2D eigenvalue weighted by atomic mass is 32.1. The number of pyridine rings is 1. The van der Waals surface area contributed by atoms with Crippen molar-refractivity contribution in [3.05, 3.63) is 125 Å². The summed E-state index contributed by atoms with van der Waals surface area (Å²) in [4.78, 5) is 45.9. The Hall–Kier alpha value is -5.72. The Bertz CT molecular complexity index is 2390. The predicted molar refractivity (Wildman–Crippen MR) is 206 cm³/mol. The van der Waals surface area contributed by atoms with Crippen molar-refractivity contribution in [3.8, 4) is 32.4 Å². The van der Waals surface area contributed by atoms with E-state index in [1.807, 2.05) is 13.0 Å². The van der Waals surface area contributed by atoms with Crippen LogP contribution in [0, 0.1) is 24.0 Å². The lowest BCUT2D eigenvalue weighted by Gasteiger charge is -2.53. The number of benzene rings is 3. The van der Waals surface area contributed by atoms with Gasteiger partial charge in [0, 0.05) is 66.2 Å². The molecule has 3 aliphatic rings. The molecule has 0 radical (unpaired) electrons. The minimum atomic E-state index is -0.439. The maximum atomic E-state index is 14.8. The molecule has 2 fully saturated rings. The number of H-pyrrole nitrogens is 1. The van der Waals surface area contributed by atoms with Crippen molar-refractivity contribution in [1.82, 2.24) is 15.0 Å². The van der Waals surface area contributed by atoms with Gasteiger partial charge in [0.1, 0.15) is 23.3 Å². The highest BCUT2D eigenvalue weighted by Gasteiger charge is 2.45. The molecule has 54 heavy (non-hydrogen) atoms. The predicted octanol–water partition coefficient (Wildman–Crippen LogP) is 8.53. The third-order valence-electron chi connectivity index (χ3n) is 10.7. The molecule has 0 bridgehead atoms. The summed E-state index contributed by atoms with van der Waals surface area (Å²) in [7, 11) is 0. The van der Waals surface area contributed by atoms with Crippen LogP contribution in [0.15, 0.2) is 91.3 Å². The first-order valence-electron chi connectivity index (χ1n) is 18.0. The number of anilines is 3. The number of imidazole rings is 1. The molecular formula is C42H36F2N6O3S. The minimum Gasteiger partial charge on any atom is -0.381 e. The summed E-state index contributed by atoms with van der Waals surface area (Å²) in [5.74, 6) is 0.0712. The number of aryl methyl sites for hydroxylation is 1. The number of aromatic nitrogens is 3. The second kappa shape index (κ2) is 13.6. The van der Waals surface area contributed by atoms with Gasteiger partial charge < -0.3 is 24.8 Å². The molecule has 6 heterocycles. The Balaban J connectivity index is 0.926. The molecule has 0 unspecified atom stereocenters. The van der Waals surface area contributed by atoms with Crippen LogP contribution in [0.5, 0.6) is 0 Å². The number of carbonyl (C=O) groups excluding carboxylic acids is 2. The number of amides is 2. The van der Waals surface area contributed by atoms with E-state index in [4.69, 9.17) is 4.74 Å². The van der Waals surface area contributed by atoms with E-state index in [2.05, 4.69) is 31.2 Å². The number of rotatable bonds is 6. The summed E-state index contributed by atoms with van der Waals surface area (Å²) in [6.45, 7) is 5.50. The SMILES string of the molecule is Cc1cnc(N2CC3(CCOCC3)C2)c(C(=O)Nc2ccc(C(=O)N3CCc4cc(-c5ncc(-c6ccc(F)cc6)[nH]5)sc4-c4ccc(F)cc43)cc2)c1. The lowest BCUT2D eigenvalue weighted by Crippen LogP contribution is -2.59. The third-order valence-corrected chi connectivity index (χ3v) is 11.9. The van der Waals surface area contributed by atoms with E-state index in [1.165, 1.54) is 35.6 Å². The largest absolute Gasteiger partial charge is 0.381 e. The lowest BCUT2D eigenvalue weighted by atomic mass is 9.73. The number of carbonyl (C=O) groups is 2. The second-order valence-electron chi connectivity index (χ2n) is 14.4. The molecule has 9 nitrogen and oxygen atoms in total. The number of nitrogens with zero attached hydrogens (tertiary/aromatic N) is 4. The van der Waals surface area contributed by atoms with Gasteiger partial charge in [0.15, 0.2) is 0 Å². The van der Waals surface area contributed by atoms with Gasteiger partial charge in [0.25, 0.3) is 11.8 Å². The Morgan fingerprint density at radius 2 is 1.67 bits per heavy atom. The number of fused-ring (bicyclic) bond motifs is 3. The molecule has 0 saturated carbocycles. The van der Waals surface area contributed by atoms with Crippen molar-refractivity contribution < 1.29 is 23.1 Å². The third kappa shape index (κ3) is 6.35. The molecule has 1 spiro atoms. The Morgan fingerprint density at radius 1 is 0.907 bits per heavy atom. The van der Waals surface area contributed by atoms with E-state index in [-0.39, 0.29) is 23.0 Å².